The van der Waals surface area contributed by atoms with E-state index < -0.39 is 0 Å². The first kappa shape index (κ1) is 7.56. The van der Waals surface area contributed by atoms with Crippen LogP contribution in [0.1, 0.15) is 33.6 Å². The molecule has 64 valence electrons. The smallest absolute Gasteiger partial charge is 0.163 e. The van der Waals surface area contributed by atoms with Crippen LogP contribution in [0.2, 0.25) is 0 Å². The minimum atomic E-state index is 0.0764. The van der Waals surface area contributed by atoms with Gasteiger partial charge in [-0.05, 0) is 26.7 Å². The van der Waals surface area contributed by atoms with E-state index in [0.717, 1.165) is 12.8 Å². The van der Waals surface area contributed by atoms with E-state index in [2.05, 4.69) is 20.8 Å². The molecule has 2 rings (SSSR count). The molecule has 0 N–H and O–H groups in total. The maximum absolute atomic E-state index is 5.64. The van der Waals surface area contributed by atoms with Crippen LogP contribution in [0.25, 0.3) is 0 Å². The average Bonchev–Trinajstić information content (AvgIpc) is 2.16. The van der Waals surface area contributed by atoms with Crippen molar-refractivity contribution in [3.05, 3.63) is 0 Å². The van der Waals surface area contributed by atoms with E-state index in [0.29, 0.717) is 17.6 Å². The second-order valence-corrected chi connectivity index (χ2v) is 4.29. The molecule has 0 aromatic rings. The summed E-state index contributed by atoms with van der Waals surface area (Å²) < 4.78 is 11.3. The molecule has 2 heteroatoms. The van der Waals surface area contributed by atoms with E-state index in [1.807, 2.05) is 0 Å². The van der Waals surface area contributed by atoms with Crippen molar-refractivity contribution in [2.75, 3.05) is 0 Å². The largest absolute Gasteiger partial charge is 0.349 e. The first-order valence-corrected chi connectivity index (χ1v) is 4.41. The maximum Gasteiger partial charge on any atom is 0.163 e. The Labute approximate surface area is 67.9 Å². The topological polar surface area (TPSA) is 18.5 Å². The number of hydrogen-bond acceptors (Lipinski definition) is 2. The first-order valence-electron chi connectivity index (χ1n) is 4.41. The van der Waals surface area contributed by atoms with Crippen LogP contribution in [0.4, 0.5) is 0 Å². The van der Waals surface area contributed by atoms with Crippen molar-refractivity contribution in [1.29, 1.82) is 0 Å². The van der Waals surface area contributed by atoms with Gasteiger partial charge in [-0.1, -0.05) is 6.92 Å². The molecule has 0 amide bonds. The molecule has 2 aliphatic heterocycles. The fourth-order valence-corrected chi connectivity index (χ4v) is 2.47. The van der Waals surface area contributed by atoms with Gasteiger partial charge in [0, 0.05) is 5.41 Å². The van der Waals surface area contributed by atoms with Crippen molar-refractivity contribution in [1.82, 2.24) is 0 Å². The van der Waals surface area contributed by atoms with E-state index in [-0.39, 0.29) is 6.29 Å². The second kappa shape index (κ2) is 2.20. The third-order valence-electron chi connectivity index (χ3n) is 2.79. The predicted octanol–water partition coefficient (Wildman–Crippen LogP) is 1.94. The highest BCUT2D eigenvalue weighted by atomic mass is 16.7. The molecule has 2 heterocycles. The molecular formula is C9H16O2. The van der Waals surface area contributed by atoms with Crippen LogP contribution < -0.4 is 0 Å². The van der Waals surface area contributed by atoms with Gasteiger partial charge in [-0.15, -0.1) is 0 Å². The Balaban J connectivity index is 2.13. The van der Waals surface area contributed by atoms with E-state index in [1.165, 1.54) is 0 Å². The number of ether oxygens (including phenoxy) is 2. The van der Waals surface area contributed by atoms with Crippen molar-refractivity contribution in [3.8, 4) is 0 Å². The van der Waals surface area contributed by atoms with Gasteiger partial charge in [0.15, 0.2) is 6.29 Å². The lowest BCUT2D eigenvalue weighted by molar-refractivity contribution is -0.142. The van der Waals surface area contributed by atoms with Gasteiger partial charge in [0.05, 0.1) is 12.2 Å². The minimum Gasteiger partial charge on any atom is -0.349 e. The summed E-state index contributed by atoms with van der Waals surface area (Å²) in [5.41, 5.74) is 0.304. The third kappa shape index (κ3) is 1.09. The van der Waals surface area contributed by atoms with Crippen LogP contribution >= 0.6 is 0 Å². The summed E-state index contributed by atoms with van der Waals surface area (Å²) >= 11 is 0. The van der Waals surface area contributed by atoms with Crippen molar-refractivity contribution in [3.63, 3.8) is 0 Å². The summed E-state index contributed by atoms with van der Waals surface area (Å²) in [7, 11) is 0. The molecular weight excluding hydrogens is 140 g/mol. The van der Waals surface area contributed by atoms with Gasteiger partial charge in [-0.25, -0.2) is 0 Å². The molecule has 2 saturated heterocycles. The first-order chi connectivity index (χ1) is 5.10. The molecule has 0 bridgehead atoms. The molecule has 0 spiro atoms. The predicted molar refractivity (Wildman–Crippen MR) is 42.2 cm³/mol. The Morgan fingerprint density at radius 2 is 1.55 bits per heavy atom. The van der Waals surface area contributed by atoms with Gasteiger partial charge in [-0.3, -0.25) is 0 Å². The Bertz CT molecular complexity index is 153. The van der Waals surface area contributed by atoms with Gasteiger partial charge in [0.2, 0.25) is 0 Å². The second-order valence-electron chi connectivity index (χ2n) is 4.29. The van der Waals surface area contributed by atoms with Gasteiger partial charge in [0.25, 0.3) is 0 Å². The Morgan fingerprint density at radius 3 is 1.91 bits per heavy atom. The van der Waals surface area contributed by atoms with E-state index in [4.69, 9.17) is 9.47 Å². The zero-order valence-electron chi connectivity index (χ0n) is 7.46. The third-order valence-corrected chi connectivity index (χ3v) is 2.79. The fourth-order valence-electron chi connectivity index (χ4n) is 2.47. The molecule has 0 saturated carbocycles. The van der Waals surface area contributed by atoms with Crippen LogP contribution in [0.3, 0.4) is 0 Å². The molecule has 2 unspecified atom stereocenters. The lowest BCUT2D eigenvalue weighted by atomic mass is 9.84. The normalized spacial score (nSPS) is 56.5. The van der Waals surface area contributed by atoms with Crippen molar-refractivity contribution in [2.24, 2.45) is 5.41 Å². The Kier molecular flexibility index (Phi) is 1.52. The fraction of sp³-hybridized carbons (Fsp3) is 1.00. The highest BCUT2D eigenvalue weighted by Crippen LogP contribution is 2.48. The highest BCUT2D eigenvalue weighted by molar-refractivity contribution is 4.92. The summed E-state index contributed by atoms with van der Waals surface area (Å²) in [6.45, 7) is 6.51. The van der Waals surface area contributed by atoms with Gasteiger partial charge < -0.3 is 9.47 Å². The Morgan fingerprint density at radius 1 is 1.09 bits per heavy atom. The molecule has 11 heavy (non-hydrogen) atoms. The summed E-state index contributed by atoms with van der Waals surface area (Å²) in [6.07, 6.45) is 3.16. The number of fused-ring (bicyclic) bond motifs is 1. The van der Waals surface area contributed by atoms with Crippen LogP contribution in [-0.2, 0) is 9.47 Å². The van der Waals surface area contributed by atoms with Crippen molar-refractivity contribution < 1.29 is 9.47 Å². The summed E-state index contributed by atoms with van der Waals surface area (Å²) in [5.74, 6) is 0. The minimum absolute atomic E-state index is 0.0764. The van der Waals surface area contributed by atoms with Gasteiger partial charge in [0.1, 0.15) is 0 Å². The number of hydrogen-bond donors (Lipinski definition) is 0. The van der Waals surface area contributed by atoms with Crippen LogP contribution in [0, 0.1) is 5.41 Å². The lowest BCUT2D eigenvalue weighted by Gasteiger charge is -2.18. The highest BCUT2D eigenvalue weighted by Gasteiger charge is 2.50. The Hall–Kier alpha value is -0.0800. The molecule has 0 aliphatic carbocycles. The summed E-state index contributed by atoms with van der Waals surface area (Å²) in [6, 6.07) is 0. The van der Waals surface area contributed by atoms with Crippen LogP contribution in [-0.4, -0.2) is 18.5 Å². The van der Waals surface area contributed by atoms with Crippen LogP contribution in [0.15, 0.2) is 0 Å². The standard InChI is InChI=1S/C9H16O2/c1-6-4-9(3)5-7(2)11-8(9)10-6/h6-8H,4-5H2,1-3H3. The molecule has 2 fully saturated rings. The average molecular weight is 156 g/mol. The van der Waals surface area contributed by atoms with Crippen molar-refractivity contribution in [2.45, 2.75) is 52.1 Å². The zero-order valence-corrected chi connectivity index (χ0v) is 7.46. The number of rotatable bonds is 0. The molecule has 0 aromatic heterocycles. The van der Waals surface area contributed by atoms with E-state index in [1.54, 1.807) is 0 Å². The molecule has 0 aromatic carbocycles. The SMILES string of the molecule is CC1CC2(C)CC(C)OC2O1. The monoisotopic (exact) mass is 156 g/mol. The molecule has 2 atom stereocenters. The summed E-state index contributed by atoms with van der Waals surface area (Å²) in [5, 5.41) is 0. The molecule has 2 aliphatic rings. The maximum atomic E-state index is 5.64. The lowest BCUT2D eigenvalue weighted by Crippen LogP contribution is -2.21. The zero-order chi connectivity index (χ0) is 8.06. The van der Waals surface area contributed by atoms with Gasteiger partial charge in [-0.2, -0.15) is 0 Å². The quantitative estimate of drug-likeness (QED) is 0.533. The van der Waals surface area contributed by atoms with Gasteiger partial charge >= 0.3 is 0 Å². The van der Waals surface area contributed by atoms with Crippen molar-refractivity contribution >= 4 is 0 Å². The molecule has 0 radical (unpaired) electrons. The van der Waals surface area contributed by atoms with E-state index >= 15 is 0 Å². The molecule has 2 nitrogen and oxygen atoms in total. The van der Waals surface area contributed by atoms with E-state index in [9.17, 15) is 0 Å². The van der Waals surface area contributed by atoms with Crippen LogP contribution in [0.5, 0.6) is 0 Å². The summed E-state index contributed by atoms with van der Waals surface area (Å²) in [4.78, 5) is 0.